The number of ether oxygens (including phenoxy) is 1. The minimum Gasteiger partial charge on any atom is -0.481 e. The first-order chi connectivity index (χ1) is 10.7. The van der Waals surface area contributed by atoms with Crippen LogP contribution in [-0.4, -0.2) is 27.6 Å². The minimum atomic E-state index is -3.92. The molecule has 0 atom stereocenters. The Morgan fingerprint density at radius 3 is 2.48 bits per heavy atom. The third kappa shape index (κ3) is 3.24. The smallest absolute Gasteiger partial charge is 0.267 e. The number of halogens is 2. The first-order valence-corrected chi connectivity index (χ1v) is 8.85. The molecule has 2 rings (SSSR count). The maximum Gasteiger partial charge on any atom is 0.267 e. The lowest BCUT2D eigenvalue weighted by atomic mass is 10.2. The van der Waals surface area contributed by atoms with E-state index >= 15 is 0 Å². The van der Waals surface area contributed by atoms with Crippen molar-refractivity contribution in [3.63, 3.8) is 0 Å². The van der Waals surface area contributed by atoms with Gasteiger partial charge in [-0.3, -0.25) is 4.31 Å². The van der Waals surface area contributed by atoms with E-state index in [0.717, 1.165) is 4.31 Å². The molecule has 8 heteroatoms. The molecule has 0 radical (unpaired) electrons. The van der Waals surface area contributed by atoms with Crippen LogP contribution in [0, 0.1) is 13.8 Å². The predicted molar refractivity (Wildman–Crippen MR) is 92.3 cm³/mol. The van der Waals surface area contributed by atoms with E-state index in [1.54, 1.807) is 38.1 Å². The van der Waals surface area contributed by atoms with Crippen LogP contribution in [0.2, 0.25) is 10.0 Å². The molecule has 0 amide bonds. The average molecular weight is 375 g/mol. The Hall–Kier alpha value is -1.50. The van der Waals surface area contributed by atoms with Crippen molar-refractivity contribution in [1.82, 2.24) is 4.98 Å². The van der Waals surface area contributed by atoms with Crippen molar-refractivity contribution in [2.24, 2.45) is 0 Å². The number of methoxy groups -OCH3 is 1. The lowest BCUT2D eigenvalue weighted by Crippen LogP contribution is -2.28. The van der Waals surface area contributed by atoms with Crippen LogP contribution in [0.4, 0.5) is 5.82 Å². The molecule has 1 heterocycles. The number of anilines is 1. The fourth-order valence-electron chi connectivity index (χ4n) is 2.07. The summed E-state index contributed by atoms with van der Waals surface area (Å²) in [6.07, 6.45) is 0. The van der Waals surface area contributed by atoms with Gasteiger partial charge < -0.3 is 4.74 Å². The normalized spacial score (nSPS) is 11.4. The van der Waals surface area contributed by atoms with Crippen LogP contribution < -0.4 is 9.04 Å². The van der Waals surface area contributed by atoms with E-state index in [4.69, 9.17) is 27.9 Å². The van der Waals surface area contributed by atoms with Crippen molar-refractivity contribution >= 4 is 39.0 Å². The highest BCUT2D eigenvalue weighted by atomic mass is 35.5. The summed E-state index contributed by atoms with van der Waals surface area (Å²) in [7, 11) is -1.06. The zero-order valence-corrected chi connectivity index (χ0v) is 15.4. The predicted octanol–water partition coefficient (Wildman–Crippen LogP) is 3.84. The Balaban J connectivity index is 2.63. The van der Waals surface area contributed by atoms with Crippen LogP contribution in [0.25, 0.3) is 0 Å². The number of benzene rings is 1. The fourth-order valence-corrected chi connectivity index (χ4v) is 4.38. The zero-order valence-electron chi connectivity index (χ0n) is 13.1. The van der Waals surface area contributed by atoms with Crippen molar-refractivity contribution < 1.29 is 13.2 Å². The summed E-state index contributed by atoms with van der Waals surface area (Å²) in [4.78, 5) is 4.12. The Labute approximate surface area is 145 Å². The number of hydrogen-bond donors (Lipinski definition) is 0. The second-order valence-electron chi connectivity index (χ2n) is 4.95. The van der Waals surface area contributed by atoms with Crippen LogP contribution in [0.1, 0.15) is 11.1 Å². The number of hydrogen-bond acceptors (Lipinski definition) is 4. The molecule has 1 aromatic heterocycles. The van der Waals surface area contributed by atoms with Crippen molar-refractivity contribution in [1.29, 1.82) is 0 Å². The summed E-state index contributed by atoms with van der Waals surface area (Å²) in [5, 5.41) is 0.499. The molecule has 124 valence electrons. The van der Waals surface area contributed by atoms with E-state index in [1.165, 1.54) is 14.2 Å². The highest BCUT2D eigenvalue weighted by Gasteiger charge is 2.29. The second-order valence-corrected chi connectivity index (χ2v) is 7.65. The van der Waals surface area contributed by atoms with E-state index in [0.29, 0.717) is 22.0 Å². The van der Waals surface area contributed by atoms with E-state index in [2.05, 4.69) is 4.98 Å². The van der Waals surface area contributed by atoms with Gasteiger partial charge in [-0.1, -0.05) is 29.3 Å². The van der Waals surface area contributed by atoms with Gasteiger partial charge in [-0.2, -0.15) is 4.98 Å². The summed E-state index contributed by atoms with van der Waals surface area (Å²) in [5.74, 6) is 0.534. The molecule has 0 bridgehead atoms. The Morgan fingerprint density at radius 1 is 1.22 bits per heavy atom. The topological polar surface area (TPSA) is 59.5 Å². The maximum atomic E-state index is 13.0. The standard InChI is InChI=1S/C15H16Cl2N2O3S/c1-9-8-11(16)10(2)15(14(9)17)23(20,21)19(3)12-6-5-7-13(18-12)22-4/h5-8H,1-4H3. The number of pyridine rings is 1. The lowest BCUT2D eigenvalue weighted by molar-refractivity contribution is 0.398. The highest BCUT2D eigenvalue weighted by Crippen LogP contribution is 2.35. The molecule has 0 spiro atoms. The monoisotopic (exact) mass is 374 g/mol. The first kappa shape index (κ1) is 17.8. The Kier molecular flexibility index (Phi) is 5.08. The zero-order chi connectivity index (χ0) is 17.4. The molecule has 0 saturated heterocycles. The van der Waals surface area contributed by atoms with E-state index in [-0.39, 0.29) is 15.7 Å². The highest BCUT2D eigenvalue weighted by molar-refractivity contribution is 7.93. The van der Waals surface area contributed by atoms with Gasteiger partial charge in [-0.25, -0.2) is 8.42 Å². The van der Waals surface area contributed by atoms with Crippen molar-refractivity contribution in [2.45, 2.75) is 18.7 Å². The molecule has 0 aliphatic rings. The summed E-state index contributed by atoms with van der Waals surface area (Å²) in [5.41, 5.74) is 0.991. The Bertz CT molecular complexity index is 828. The quantitative estimate of drug-likeness (QED) is 0.815. The summed E-state index contributed by atoms with van der Waals surface area (Å²) in [6, 6.07) is 6.50. The average Bonchev–Trinajstić information content (AvgIpc) is 2.52. The molecule has 5 nitrogen and oxygen atoms in total. The molecule has 0 aliphatic carbocycles. The molecule has 23 heavy (non-hydrogen) atoms. The first-order valence-electron chi connectivity index (χ1n) is 6.65. The Morgan fingerprint density at radius 2 is 1.87 bits per heavy atom. The molecular formula is C15H16Cl2N2O3S. The van der Waals surface area contributed by atoms with Gasteiger partial charge in [0.1, 0.15) is 10.7 Å². The molecule has 0 aliphatic heterocycles. The van der Waals surface area contributed by atoms with Gasteiger partial charge in [-0.15, -0.1) is 0 Å². The van der Waals surface area contributed by atoms with E-state index in [9.17, 15) is 8.42 Å². The number of aryl methyl sites for hydroxylation is 1. The molecule has 0 N–H and O–H groups in total. The molecule has 2 aromatic rings. The van der Waals surface area contributed by atoms with Gasteiger partial charge in [0.05, 0.1) is 12.1 Å². The summed E-state index contributed by atoms with van der Waals surface area (Å²) in [6.45, 7) is 3.32. The minimum absolute atomic E-state index is 0.0173. The van der Waals surface area contributed by atoms with Crippen molar-refractivity contribution in [3.05, 3.63) is 45.4 Å². The number of nitrogens with zero attached hydrogens (tertiary/aromatic N) is 2. The molecule has 0 saturated carbocycles. The molecule has 1 aromatic carbocycles. The number of sulfonamides is 1. The summed E-state index contributed by atoms with van der Waals surface area (Å²) >= 11 is 12.4. The van der Waals surface area contributed by atoms with Gasteiger partial charge in [0.25, 0.3) is 10.0 Å². The van der Waals surface area contributed by atoms with Crippen LogP contribution in [0.3, 0.4) is 0 Å². The van der Waals surface area contributed by atoms with Gasteiger partial charge in [0, 0.05) is 18.1 Å². The SMILES string of the molecule is COc1cccc(N(C)S(=O)(=O)c2c(C)c(Cl)cc(C)c2Cl)n1. The molecule has 0 fully saturated rings. The third-order valence-corrected chi connectivity index (χ3v) is 6.37. The summed E-state index contributed by atoms with van der Waals surface area (Å²) < 4.78 is 32.0. The van der Waals surface area contributed by atoms with Crippen LogP contribution >= 0.6 is 23.2 Å². The van der Waals surface area contributed by atoms with Crippen LogP contribution in [0.15, 0.2) is 29.2 Å². The van der Waals surface area contributed by atoms with Crippen LogP contribution in [-0.2, 0) is 10.0 Å². The van der Waals surface area contributed by atoms with Gasteiger partial charge in [-0.05, 0) is 37.1 Å². The second kappa shape index (κ2) is 6.55. The van der Waals surface area contributed by atoms with E-state index < -0.39 is 10.0 Å². The third-order valence-electron chi connectivity index (χ3n) is 3.45. The van der Waals surface area contributed by atoms with Gasteiger partial charge in [0.2, 0.25) is 5.88 Å². The largest absolute Gasteiger partial charge is 0.481 e. The molecule has 0 unspecified atom stereocenters. The maximum absolute atomic E-state index is 13.0. The lowest BCUT2D eigenvalue weighted by Gasteiger charge is -2.22. The van der Waals surface area contributed by atoms with Crippen molar-refractivity contribution in [3.8, 4) is 5.88 Å². The van der Waals surface area contributed by atoms with Crippen LogP contribution in [0.5, 0.6) is 5.88 Å². The number of rotatable bonds is 4. The molecular weight excluding hydrogens is 359 g/mol. The van der Waals surface area contributed by atoms with E-state index in [1.807, 2.05) is 0 Å². The van der Waals surface area contributed by atoms with Crippen molar-refractivity contribution in [2.75, 3.05) is 18.5 Å². The number of aromatic nitrogens is 1. The fraction of sp³-hybridized carbons (Fsp3) is 0.267. The van der Waals surface area contributed by atoms with Gasteiger partial charge >= 0.3 is 0 Å². The van der Waals surface area contributed by atoms with Gasteiger partial charge in [0.15, 0.2) is 0 Å².